The van der Waals surface area contributed by atoms with Gasteiger partial charge >= 0.3 is 0 Å². The second-order valence-corrected chi connectivity index (χ2v) is 6.47. The van der Waals surface area contributed by atoms with Crippen LogP contribution in [0.4, 0.5) is 0 Å². The first-order valence-corrected chi connectivity index (χ1v) is 6.42. The molecular weight excluding hydrogens is 200 g/mol. The minimum absolute atomic E-state index is 0.0384. The molecule has 3 fully saturated rings. The molecule has 5 atom stereocenters. The van der Waals surface area contributed by atoms with E-state index >= 15 is 0 Å². The summed E-state index contributed by atoms with van der Waals surface area (Å²) in [4.78, 5) is 0. The van der Waals surface area contributed by atoms with Crippen LogP contribution in [0, 0.1) is 22.7 Å². The van der Waals surface area contributed by atoms with E-state index in [1.165, 1.54) is 19.1 Å². The van der Waals surface area contributed by atoms with E-state index in [1.807, 2.05) is 0 Å². The SMILES string of the molecule is C=CO[C@H]1C[C@@H]2[C@H]3CC[C@@](C)([C@@H]2O1)C3(C)C. The van der Waals surface area contributed by atoms with E-state index in [1.54, 1.807) is 0 Å². The lowest BCUT2D eigenvalue weighted by molar-refractivity contribution is -0.138. The van der Waals surface area contributed by atoms with E-state index in [0.29, 0.717) is 22.9 Å². The quantitative estimate of drug-likeness (QED) is 0.667. The molecule has 0 unspecified atom stereocenters. The normalized spacial score (nSPS) is 52.7. The smallest absolute Gasteiger partial charge is 0.199 e. The van der Waals surface area contributed by atoms with Gasteiger partial charge in [0.05, 0.1) is 12.4 Å². The van der Waals surface area contributed by atoms with E-state index in [4.69, 9.17) is 9.47 Å². The predicted molar refractivity (Wildman–Crippen MR) is 62.7 cm³/mol. The zero-order valence-electron chi connectivity index (χ0n) is 10.5. The first-order valence-electron chi connectivity index (χ1n) is 6.42. The van der Waals surface area contributed by atoms with E-state index < -0.39 is 0 Å². The van der Waals surface area contributed by atoms with Crippen molar-refractivity contribution in [3.8, 4) is 0 Å². The Kier molecular flexibility index (Phi) is 2.02. The molecule has 3 rings (SSSR count). The average Bonchev–Trinajstić information content (AvgIpc) is 2.75. The summed E-state index contributed by atoms with van der Waals surface area (Å²) >= 11 is 0. The largest absolute Gasteiger partial charge is 0.473 e. The molecule has 2 nitrogen and oxygen atoms in total. The van der Waals surface area contributed by atoms with E-state index in [-0.39, 0.29) is 6.29 Å². The summed E-state index contributed by atoms with van der Waals surface area (Å²) in [6.07, 6.45) is 5.62. The lowest BCUT2D eigenvalue weighted by Gasteiger charge is -2.38. The maximum atomic E-state index is 6.10. The topological polar surface area (TPSA) is 18.5 Å². The molecule has 0 aromatic carbocycles. The van der Waals surface area contributed by atoms with Gasteiger partial charge in [0.15, 0.2) is 6.29 Å². The molecule has 2 saturated carbocycles. The highest BCUT2D eigenvalue weighted by Gasteiger charge is 2.69. The van der Waals surface area contributed by atoms with Crippen molar-refractivity contribution < 1.29 is 9.47 Å². The van der Waals surface area contributed by atoms with Gasteiger partial charge in [0, 0.05) is 6.42 Å². The fourth-order valence-corrected chi connectivity index (χ4v) is 4.68. The first kappa shape index (κ1) is 10.6. The Morgan fingerprint density at radius 3 is 2.75 bits per heavy atom. The molecule has 2 bridgehead atoms. The van der Waals surface area contributed by atoms with Crippen molar-refractivity contribution in [2.24, 2.45) is 22.7 Å². The number of ether oxygens (including phenoxy) is 2. The van der Waals surface area contributed by atoms with Gasteiger partial charge in [-0.15, -0.1) is 0 Å². The monoisotopic (exact) mass is 222 g/mol. The Balaban J connectivity index is 1.88. The minimum Gasteiger partial charge on any atom is -0.473 e. The fourth-order valence-electron chi connectivity index (χ4n) is 4.68. The second-order valence-electron chi connectivity index (χ2n) is 6.47. The average molecular weight is 222 g/mol. The third kappa shape index (κ3) is 1.02. The Morgan fingerprint density at radius 2 is 2.12 bits per heavy atom. The number of hydrogen-bond acceptors (Lipinski definition) is 2. The summed E-state index contributed by atoms with van der Waals surface area (Å²) in [7, 11) is 0. The molecule has 0 aromatic heterocycles. The molecule has 3 aliphatic rings. The van der Waals surface area contributed by atoms with Crippen LogP contribution in [-0.4, -0.2) is 12.4 Å². The van der Waals surface area contributed by atoms with Crippen molar-refractivity contribution in [1.82, 2.24) is 0 Å². The molecule has 0 radical (unpaired) electrons. The summed E-state index contributed by atoms with van der Waals surface area (Å²) in [5.74, 6) is 1.53. The van der Waals surface area contributed by atoms with Gasteiger partial charge in [-0.1, -0.05) is 27.4 Å². The van der Waals surface area contributed by atoms with Gasteiger partial charge in [0.2, 0.25) is 0 Å². The van der Waals surface area contributed by atoms with Gasteiger partial charge in [-0.25, -0.2) is 0 Å². The molecular formula is C14H22O2. The third-order valence-electron chi connectivity index (χ3n) is 5.92. The van der Waals surface area contributed by atoms with E-state index in [0.717, 1.165) is 12.3 Å². The van der Waals surface area contributed by atoms with Crippen LogP contribution in [-0.2, 0) is 9.47 Å². The predicted octanol–water partition coefficient (Wildman–Crippen LogP) is 3.33. The number of fused-ring (bicyclic) bond motifs is 5. The van der Waals surface area contributed by atoms with E-state index in [2.05, 4.69) is 27.4 Å². The van der Waals surface area contributed by atoms with E-state index in [9.17, 15) is 0 Å². The zero-order valence-corrected chi connectivity index (χ0v) is 10.5. The van der Waals surface area contributed by atoms with Gasteiger partial charge in [0.25, 0.3) is 0 Å². The number of hydrogen-bond donors (Lipinski definition) is 0. The Morgan fingerprint density at radius 1 is 1.38 bits per heavy atom. The molecule has 2 aliphatic carbocycles. The molecule has 0 aromatic rings. The van der Waals surface area contributed by atoms with Crippen LogP contribution in [0.5, 0.6) is 0 Å². The third-order valence-corrected chi connectivity index (χ3v) is 5.92. The van der Waals surface area contributed by atoms with Crippen molar-refractivity contribution in [3.63, 3.8) is 0 Å². The van der Waals surface area contributed by atoms with Crippen molar-refractivity contribution in [1.29, 1.82) is 0 Å². The molecule has 1 saturated heterocycles. The zero-order chi connectivity index (χ0) is 11.6. The highest BCUT2D eigenvalue weighted by molar-refractivity contribution is 5.16. The molecule has 1 aliphatic heterocycles. The van der Waals surface area contributed by atoms with Gasteiger partial charge in [-0.2, -0.15) is 0 Å². The maximum absolute atomic E-state index is 6.10. The highest BCUT2D eigenvalue weighted by atomic mass is 16.7. The van der Waals surface area contributed by atoms with Crippen LogP contribution in [0.1, 0.15) is 40.0 Å². The van der Waals surface area contributed by atoms with Gasteiger partial charge in [-0.05, 0) is 35.5 Å². The molecule has 0 spiro atoms. The minimum atomic E-state index is -0.0384. The standard InChI is InChI=1S/C14H22O2/c1-5-15-11-8-9-10-6-7-14(4,12(9)16-11)13(10,2)3/h5,9-12H,1,6-8H2,2-4H3/t9-,10-,11-,12-,14+/m1/s1. The summed E-state index contributed by atoms with van der Waals surface area (Å²) < 4.78 is 11.5. The maximum Gasteiger partial charge on any atom is 0.199 e. The Labute approximate surface area is 98.0 Å². The summed E-state index contributed by atoms with van der Waals surface area (Å²) in [6.45, 7) is 10.9. The van der Waals surface area contributed by atoms with Crippen molar-refractivity contribution in [3.05, 3.63) is 12.8 Å². The molecule has 0 N–H and O–H groups in total. The van der Waals surface area contributed by atoms with Gasteiger partial charge in [0.1, 0.15) is 0 Å². The van der Waals surface area contributed by atoms with Crippen LogP contribution in [0.3, 0.4) is 0 Å². The van der Waals surface area contributed by atoms with Crippen LogP contribution in [0.2, 0.25) is 0 Å². The first-order chi connectivity index (χ1) is 7.50. The molecule has 2 heteroatoms. The molecule has 0 amide bonds. The van der Waals surface area contributed by atoms with Crippen LogP contribution in [0.15, 0.2) is 12.8 Å². The lowest BCUT2D eigenvalue weighted by atomic mass is 9.70. The van der Waals surface area contributed by atoms with Crippen molar-refractivity contribution in [2.45, 2.75) is 52.4 Å². The van der Waals surface area contributed by atoms with Crippen LogP contribution < -0.4 is 0 Å². The number of rotatable bonds is 2. The van der Waals surface area contributed by atoms with Crippen molar-refractivity contribution in [2.75, 3.05) is 0 Å². The van der Waals surface area contributed by atoms with Gasteiger partial charge < -0.3 is 9.47 Å². The fraction of sp³-hybridized carbons (Fsp3) is 0.857. The van der Waals surface area contributed by atoms with Crippen molar-refractivity contribution >= 4 is 0 Å². The van der Waals surface area contributed by atoms with Crippen LogP contribution >= 0.6 is 0 Å². The second kappa shape index (κ2) is 3.04. The molecule has 90 valence electrons. The highest BCUT2D eigenvalue weighted by Crippen LogP contribution is 2.71. The summed E-state index contributed by atoms with van der Waals surface area (Å²) in [5, 5.41) is 0. The lowest BCUT2D eigenvalue weighted by Crippen LogP contribution is -2.37. The van der Waals surface area contributed by atoms with Crippen LogP contribution in [0.25, 0.3) is 0 Å². The molecule has 1 heterocycles. The molecule has 16 heavy (non-hydrogen) atoms. The van der Waals surface area contributed by atoms with Gasteiger partial charge in [-0.3, -0.25) is 0 Å². The summed E-state index contributed by atoms with van der Waals surface area (Å²) in [6, 6.07) is 0. The summed E-state index contributed by atoms with van der Waals surface area (Å²) in [5.41, 5.74) is 0.781. The Hall–Kier alpha value is -0.500. The Bertz CT molecular complexity index is 323.